The van der Waals surface area contributed by atoms with E-state index in [1.807, 2.05) is 0 Å². The van der Waals surface area contributed by atoms with E-state index in [0.717, 1.165) is 0 Å². The first kappa shape index (κ1) is 11.1. The minimum Gasteiger partial charge on any atom is -0.465 e. The number of methoxy groups -OCH3 is 1. The summed E-state index contributed by atoms with van der Waals surface area (Å²) in [6.07, 6.45) is 3.35. The third-order valence-electron chi connectivity index (χ3n) is 2.39. The second-order valence-electron chi connectivity index (χ2n) is 3.46. The van der Waals surface area contributed by atoms with Crippen LogP contribution in [-0.2, 0) is 4.74 Å². The van der Waals surface area contributed by atoms with Crippen molar-refractivity contribution in [3.63, 3.8) is 0 Å². The Bertz CT molecular complexity index is 526. The molecular weight excluding hydrogens is 218 g/mol. The molecule has 0 atom stereocenters. The molecule has 4 heteroatoms. The Morgan fingerprint density at radius 2 is 1.53 bits per heavy atom. The van der Waals surface area contributed by atoms with Gasteiger partial charge in [-0.1, -0.05) is 0 Å². The van der Waals surface area contributed by atoms with Crippen LogP contribution in [0.3, 0.4) is 0 Å². The highest BCUT2D eigenvalue weighted by Gasteiger charge is 2.09. The van der Waals surface area contributed by atoms with E-state index < -0.39 is 5.97 Å². The van der Waals surface area contributed by atoms with E-state index in [9.17, 15) is 9.59 Å². The Morgan fingerprint density at radius 1 is 1.00 bits per heavy atom. The third kappa shape index (κ3) is 2.25. The number of benzene rings is 1. The molecule has 0 aliphatic carbocycles. The molecule has 0 N–H and O–H groups in total. The van der Waals surface area contributed by atoms with Gasteiger partial charge in [-0.3, -0.25) is 9.36 Å². The van der Waals surface area contributed by atoms with Gasteiger partial charge in [0.05, 0.1) is 12.7 Å². The van der Waals surface area contributed by atoms with E-state index >= 15 is 0 Å². The van der Waals surface area contributed by atoms with Gasteiger partial charge >= 0.3 is 5.97 Å². The average molecular weight is 229 g/mol. The molecule has 0 saturated carbocycles. The van der Waals surface area contributed by atoms with E-state index in [1.165, 1.54) is 11.7 Å². The van der Waals surface area contributed by atoms with Gasteiger partial charge in [0.25, 0.3) is 5.91 Å². The van der Waals surface area contributed by atoms with Crippen molar-refractivity contribution >= 4 is 11.9 Å². The van der Waals surface area contributed by atoms with Crippen molar-refractivity contribution in [1.82, 2.24) is 4.57 Å². The highest BCUT2D eigenvalue weighted by atomic mass is 16.5. The lowest BCUT2D eigenvalue weighted by Crippen LogP contribution is -2.10. The number of carbonyl (C=O) groups excluding carboxylic acids is 2. The van der Waals surface area contributed by atoms with Crippen LogP contribution < -0.4 is 0 Å². The standard InChI is InChI=1S/C13H11NO3/c1-17-13(16)11-6-4-10(5-7-11)12(15)14-8-2-3-9-14/h2-9H,1H3. The predicted octanol–water partition coefficient (Wildman–Crippen LogP) is 1.96. The van der Waals surface area contributed by atoms with Crippen molar-refractivity contribution in [2.24, 2.45) is 0 Å². The van der Waals surface area contributed by atoms with Crippen LogP contribution in [0.15, 0.2) is 48.8 Å². The van der Waals surface area contributed by atoms with Crippen molar-refractivity contribution in [2.75, 3.05) is 7.11 Å². The molecule has 2 aromatic rings. The summed E-state index contributed by atoms with van der Waals surface area (Å²) in [5.74, 6) is -0.545. The molecule has 0 spiro atoms. The fourth-order valence-corrected chi connectivity index (χ4v) is 1.49. The number of rotatable bonds is 2. The lowest BCUT2D eigenvalue weighted by molar-refractivity contribution is 0.0600. The van der Waals surface area contributed by atoms with Crippen molar-refractivity contribution in [1.29, 1.82) is 0 Å². The van der Waals surface area contributed by atoms with Gasteiger partial charge in [0, 0.05) is 18.0 Å². The number of carbonyl (C=O) groups is 2. The van der Waals surface area contributed by atoms with E-state index in [2.05, 4.69) is 4.74 Å². The van der Waals surface area contributed by atoms with Gasteiger partial charge in [0.15, 0.2) is 0 Å². The molecule has 2 rings (SSSR count). The Balaban J connectivity index is 2.24. The Labute approximate surface area is 98.4 Å². The maximum atomic E-state index is 11.9. The number of esters is 1. The molecule has 1 heterocycles. The van der Waals surface area contributed by atoms with Crippen LogP contribution in [0.25, 0.3) is 0 Å². The van der Waals surface area contributed by atoms with Crippen molar-refractivity contribution in [3.05, 3.63) is 59.9 Å². The molecule has 0 radical (unpaired) electrons. The molecule has 4 nitrogen and oxygen atoms in total. The summed E-state index contributed by atoms with van der Waals surface area (Å²) in [6.45, 7) is 0. The Kier molecular flexibility index (Phi) is 3.05. The molecule has 0 aliphatic heterocycles. The molecule has 0 aliphatic rings. The zero-order chi connectivity index (χ0) is 12.3. The van der Waals surface area contributed by atoms with Crippen LogP contribution >= 0.6 is 0 Å². The van der Waals surface area contributed by atoms with Crippen LogP contribution in [0.1, 0.15) is 20.7 Å². The highest BCUT2D eigenvalue weighted by Crippen LogP contribution is 2.08. The van der Waals surface area contributed by atoms with Crippen molar-refractivity contribution in [3.8, 4) is 0 Å². The summed E-state index contributed by atoms with van der Waals surface area (Å²) in [5, 5.41) is 0. The first-order valence-electron chi connectivity index (χ1n) is 5.08. The third-order valence-corrected chi connectivity index (χ3v) is 2.39. The van der Waals surface area contributed by atoms with Gasteiger partial charge in [-0.25, -0.2) is 4.79 Å². The fourth-order valence-electron chi connectivity index (χ4n) is 1.49. The van der Waals surface area contributed by atoms with Crippen molar-refractivity contribution < 1.29 is 14.3 Å². The number of nitrogens with zero attached hydrogens (tertiary/aromatic N) is 1. The SMILES string of the molecule is COC(=O)c1ccc(C(=O)n2cccc2)cc1. The Hall–Kier alpha value is -2.36. The smallest absolute Gasteiger partial charge is 0.337 e. The molecule has 1 aromatic heterocycles. The molecule has 0 bridgehead atoms. The number of hydrogen-bond acceptors (Lipinski definition) is 3. The van der Waals surface area contributed by atoms with Crippen molar-refractivity contribution in [2.45, 2.75) is 0 Å². The Morgan fingerprint density at radius 3 is 2.06 bits per heavy atom. The summed E-state index contributed by atoms with van der Waals surface area (Å²) in [5.41, 5.74) is 0.949. The molecule has 0 amide bonds. The zero-order valence-electron chi connectivity index (χ0n) is 9.29. The number of ether oxygens (including phenoxy) is 1. The summed E-state index contributed by atoms with van der Waals surface area (Å²) in [4.78, 5) is 23.1. The van der Waals surface area contributed by atoms with Gasteiger partial charge in [0.2, 0.25) is 0 Å². The molecular formula is C13H11NO3. The second kappa shape index (κ2) is 4.65. The van der Waals surface area contributed by atoms with Crippen LogP contribution in [0.5, 0.6) is 0 Å². The average Bonchev–Trinajstić information content (AvgIpc) is 2.91. The zero-order valence-corrected chi connectivity index (χ0v) is 9.29. The molecule has 1 aromatic carbocycles. The number of hydrogen-bond donors (Lipinski definition) is 0. The quantitative estimate of drug-likeness (QED) is 0.739. The lowest BCUT2D eigenvalue weighted by atomic mass is 10.1. The van der Waals surface area contributed by atoms with E-state index in [4.69, 9.17) is 0 Å². The van der Waals surface area contributed by atoms with Gasteiger partial charge in [0.1, 0.15) is 0 Å². The van der Waals surface area contributed by atoms with E-state index in [-0.39, 0.29) is 5.91 Å². The predicted molar refractivity (Wildman–Crippen MR) is 61.9 cm³/mol. The summed E-state index contributed by atoms with van der Waals surface area (Å²) < 4.78 is 6.06. The first-order valence-corrected chi connectivity index (χ1v) is 5.08. The number of aromatic nitrogens is 1. The van der Waals surface area contributed by atoms with Crippen LogP contribution in [0.4, 0.5) is 0 Å². The fraction of sp³-hybridized carbons (Fsp3) is 0.0769. The highest BCUT2D eigenvalue weighted by molar-refractivity contribution is 5.97. The molecule has 17 heavy (non-hydrogen) atoms. The minimum atomic E-state index is -0.412. The lowest BCUT2D eigenvalue weighted by Gasteiger charge is -2.03. The molecule has 0 fully saturated rings. The van der Waals surface area contributed by atoms with Crippen LogP contribution in [-0.4, -0.2) is 23.6 Å². The summed E-state index contributed by atoms with van der Waals surface area (Å²) in [6, 6.07) is 9.91. The first-order chi connectivity index (χ1) is 8.22. The second-order valence-corrected chi connectivity index (χ2v) is 3.46. The van der Waals surface area contributed by atoms with E-state index in [0.29, 0.717) is 11.1 Å². The normalized spacial score (nSPS) is 9.94. The van der Waals surface area contributed by atoms with E-state index in [1.54, 1.807) is 48.8 Å². The molecule has 0 unspecified atom stereocenters. The van der Waals surface area contributed by atoms with Crippen LogP contribution in [0.2, 0.25) is 0 Å². The topological polar surface area (TPSA) is 48.3 Å². The maximum absolute atomic E-state index is 11.9. The summed E-state index contributed by atoms with van der Waals surface area (Å²) >= 11 is 0. The maximum Gasteiger partial charge on any atom is 0.337 e. The minimum absolute atomic E-state index is 0.133. The molecule has 0 saturated heterocycles. The van der Waals surface area contributed by atoms with Gasteiger partial charge in [-0.05, 0) is 36.4 Å². The monoisotopic (exact) mass is 229 g/mol. The van der Waals surface area contributed by atoms with Gasteiger partial charge in [-0.15, -0.1) is 0 Å². The molecule has 86 valence electrons. The largest absolute Gasteiger partial charge is 0.465 e. The van der Waals surface area contributed by atoms with Gasteiger partial charge < -0.3 is 4.74 Å². The summed E-state index contributed by atoms with van der Waals surface area (Å²) in [7, 11) is 1.32. The van der Waals surface area contributed by atoms with Gasteiger partial charge in [-0.2, -0.15) is 0 Å². The van der Waals surface area contributed by atoms with Crippen LogP contribution in [0, 0.1) is 0 Å².